The van der Waals surface area contributed by atoms with E-state index in [0.29, 0.717) is 0 Å². The summed E-state index contributed by atoms with van der Waals surface area (Å²) in [7, 11) is 1.99. The molecule has 3 heterocycles. The van der Waals surface area contributed by atoms with E-state index in [2.05, 4.69) is 27.2 Å². The lowest BCUT2D eigenvalue weighted by atomic mass is 10.1. The molecule has 1 aromatic carbocycles. The second-order valence-electron chi connectivity index (χ2n) is 6.81. The number of rotatable bonds is 3. The Labute approximate surface area is 142 Å². The fraction of sp³-hybridized carbons (Fsp3) is 0.500. The quantitative estimate of drug-likeness (QED) is 0.859. The van der Waals surface area contributed by atoms with Crippen LogP contribution in [-0.2, 0) is 24.8 Å². The van der Waals surface area contributed by atoms with Crippen LogP contribution in [-0.4, -0.2) is 45.2 Å². The SMILES string of the molecule is Cc1nnc(CN2CCC(C(=O)N3CCc4ccccc43)C2)n1C. The van der Waals surface area contributed by atoms with Gasteiger partial charge < -0.3 is 9.47 Å². The van der Waals surface area contributed by atoms with Crippen molar-refractivity contribution in [3.8, 4) is 0 Å². The van der Waals surface area contributed by atoms with Crippen molar-refractivity contribution in [2.75, 3.05) is 24.5 Å². The fourth-order valence-electron chi connectivity index (χ4n) is 3.75. The van der Waals surface area contributed by atoms with Gasteiger partial charge in [0.2, 0.25) is 5.91 Å². The molecule has 2 aliphatic rings. The minimum atomic E-state index is 0.0884. The highest BCUT2D eigenvalue weighted by Gasteiger charge is 2.34. The van der Waals surface area contributed by atoms with E-state index in [1.807, 2.05) is 35.6 Å². The predicted octanol–water partition coefficient (Wildman–Crippen LogP) is 1.53. The summed E-state index contributed by atoms with van der Waals surface area (Å²) >= 11 is 0. The van der Waals surface area contributed by atoms with E-state index in [1.165, 1.54) is 5.56 Å². The summed E-state index contributed by atoms with van der Waals surface area (Å²) in [4.78, 5) is 17.2. The van der Waals surface area contributed by atoms with Gasteiger partial charge in [-0.15, -0.1) is 10.2 Å². The molecule has 24 heavy (non-hydrogen) atoms. The Morgan fingerprint density at radius 3 is 2.88 bits per heavy atom. The summed E-state index contributed by atoms with van der Waals surface area (Å²) in [6.07, 6.45) is 1.89. The Bertz CT molecular complexity index is 769. The fourth-order valence-corrected chi connectivity index (χ4v) is 3.75. The van der Waals surface area contributed by atoms with E-state index >= 15 is 0 Å². The van der Waals surface area contributed by atoms with Crippen molar-refractivity contribution in [3.05, 3.63) is 41.5 Å². The molecule has 2 aromatic rings. The first kappa shape index (κ1) is 15.3. The number of hydrogen-bond donors (Lipinski definition) is 0. The number of carbonyl (C=O) groups is 1. The van der Waals surface area contributed by atoms with Crippen molar-refractivity contribution < 1.29 is 4.79 Å². The van der Waals surface area contributed by atoms with Crippen LogP contribution in [0.2, 0.25) is 0 Å². The molecular weight excluding hydrogens is 302 g/mol. The molecule has 126 valence electrons. The van der Waals surface area contributed by atoms with Crippen LogP contribution in [0, 0.1) is 12.8 Å². The summed E-state index contributed by atoms with van der Waals surface area (Å²) in [6, 6.07) is 8.25. The average molecular weight is 325 g/mol. The first-order valence-electron chi connectivity index (χ1n) is 8.60. The lowest BCUT2D eigenvalue weighted by Crippen LogP contribution is -2.36. The van der Waals surface area contributed by atoms with Gasteiger partial charge in [-0.25, -0.2) is 0 Å². The number of amides is 1. The molecule has 6 nitrogen and oxygen atoms in total. The van der Waals surface area contributed by atoms with Crippen LogP contribution in [0.4, 0.5) is 5.69 Å². The average Bonchev–Trinajstić information content (AvgIpc) is 3.30. The number of aromatic nitrogens is 3. The normalized spacial score (nSPS) is 20.6. The Morgan fingerprint density at radius 2 is 2.08 bits per heavy atom. The molecule has 0 bridgehead atoms. The van der Waals surface area contributed by atoms with Gasteiger partial charge in [0.15, 0.2) is 0 Å². The summed E-state index contributed by atoms with van der Waals surface area (Å²) in [5.74, 6) is 2.25. The lowest BCUT2D eigenvalue weighted by molar-refractivity contribution is -0.121. The topological polar surface area (TPSA) is 54.3 Å². The molecule has 4 rings (SSSR count). The van der Waals surface area contributed by atoms with Gasteiger partial charge in [-0.3, -0.25) is 9.69 Å². The molecule has 1 fully saturated rings. The molecule has 0 N–H and O–H groups in total. The molecule has 0 aliphatic carbocycles. The van der Waals surface area contributed by atoms with E-state index in [4.69, 9.17) is 0 Å². The number of nitrogens with zero attached hydrogens (tertiary/aromatic N) is 5. The van der Waals surface area contributed by atoms with E-state index in [0.717, 1.165) is 56.4 Å². The third-order valence-corrected chi connectivity index (χ3v) is 5.32. The van der Waals surface area contributed by atoms with Gasteiger partial charge in [-0.1, -0.05) is 18.2 Å². The van der Waals surface area contributed by atoms with Crippen molar-refractivity contribution in [2.45, 2.75) is 26.3 Å². The van der Waals surface area contributed by atoms with Gasteiger partial charge in [0, 0.05) is 25.8 Å². The van der Waals surface area contributed by atoms with Crippen LogP contribution in [0.15, 0.2) is 24.3 Å². The lowest BCUT2D eigenvalue weighted by Gasteiger charge is -2.21. The summed E-state index contributed by atoms with van der Waals surface area (Å²) in [5, 5.41) is 8.34. The molecule has 1 amide bonds. The van der Waals surface area contributed by atoms with Crippen LogP contribution < -0.4 is 4.90 Å². The molecule has 0 spiro atoms. The molecule has 1 saturated heterocycles. The maximum Gasteiger partial charge on any atom is 0.231 e. The number of benzene rings is 1. The highest BCUT2D eigenvalue weighted by Crippen LogP contribution is 2.30. The maximum absolute atomic E-state index is 12.9. The van der Waals surface area contributed by atoms with Crippen LogP contribution in [0.3, 0.4) is 0 Å². The zero-order valence-electron chi connectivity index (χ0n) is 14.3. The first-order valence-corrected chi connectivity index (χ1v) is 8.60. The van der Waals surface area contributed by atoms with Gasteiger partial charge in [-0.05, 0) is 37.9 Å². The number of para-hydroxylation sites is 1. The van der Waals surface area contributed by atoms with Crippen molar-refractivity contribution in [1.29, 1.82) is 0 Å². The Hall–Kier alpha value is -2.21. The molecule has 1 unspecified atom stereocenters. The molecule has 0 radical (unpaired) electrons. The van der Waals surface area contributed by atoms with Crippen molar-refractivity contribution in [2.24, 2.45) is 13.0 Å². The van der Waals surface area contributed by atoms with Gasteiger partial charge in [0.25, 0.3) is 0 Å². The van der Waals surface area contributed by atoms with Gasteiger partial charge >= 0.3 is 0 Å². The van der Waals surface area contributed by atoms with E-state index in [1.54, 1.807) is 0 Å². The number of hydrogen-bond acceptors (Lipinski definition) is 4. The first-order chi connectivity index (χ1) is 11.6. The van der Waals surface area contributed by atoms with Gasteiger partial charge in [0.1, 0.15) is 11.6 Å². The number of carbonyl (C=O) groups excluding carboxylic acids is 1. The monoisotopic (exact) mass is 325 g/mol. The van der Waals surface area contributed by atoms with Crippen LogP contribution in [0.1, 0.15) is 23.6 Å². The molecule has 0 saturated carbocycles. The van der Waals surface area contributed by atoms with Gasteiger partial charge in [-0.2, -0.15) is 0 Å². The Morgan fingerprint density at radius 1 is 1.25 bits per heavy atom. The minimum absolute atomic E-state index is 0.0884. The standard InChI is InChI=1S/C18H23N5O/c1-13-19-20-17(21(13)2)12-22-9-7-15(11-22)18(24)23-10-8-14-5-3-4-6-16(14)23/h3-6,15H,7-12H2,1-2H3. The van der Waals surface area contributed by atoms with Crippen molar-refractivity contribution in [3.63, 3.8) is 0 Å². The van der Waals surface area contributed by atoms with Crippen LogP contribution >= 0.6 is 0 Å². The van der Waals surface area contributed by atoms with Gasteiger partial charge in [0.05, 0.1) is 12.5 Å². The summed E-state index contributed by atoms with van der Waals surface area (Å²) < 4.78 is 2.02. The third kappa shape index (κ3) is 2.60. The largest absolute Gasteiger partial charge is 0.317 e. The van der Waals surface area contributed by atoms with Crippen molar-refractivity contribution in [1.82, 2.24) is 19.7 Å². The second kappa shape index (κ2) is 6.02. The zero-order chi connectivity index (χ0) is 16.7. The Kier molecular flexibility index (Phi) is 3.84. The maximum atomic E-state index is 12.9. The second-order valence-corrected chi connectivity index (χ2v) is 6.81. The molecule has 2 aliphatic heterocycles. The van der Waals surface area contributed by atoms with E-state index in [9.17, 15) is 4.79 Å². The molecule has 1 aromatic heterocycles. The Balaban J connectivity index is 1.42. The highest BCUT2D eigenvalue weighted by molar-refractivity contribution is 5.97. The highest BCUT2D eigenvalue weighted by atomic mass is 16.2. The smallest absolute Gasteiger partial charge is 0.231 e. The summed E-state index contributed by atoms with van der Waals surface area (Å²) in [5.41, 5.74) is 2.39. The van der Waals surface area contributed by atoms with Crippen molar-refractivity contribution >= 4 is 11.6 Å². The summed E-state index contributed by atoms with van der Waals surface area (Å²) in [6.45, 7) is 5.29. The van der Waals surface area contributed by atoms with Crippen LogP contribution in [0.25, 0.3) is 0 Å². The van der Waals surface area contributed by atoms with Crippen LogP contribution in [0.5, 0.6) is 0 Å². The number of likely N-dealkylation sites (tertiary alicyclic amines) is 1. The zero-order valence-corrected chi connectivity index (χ0v) is 14.3. The third-order valence-electron chi connectivity index (χ3n) is 5.32. The van der Waals surface area contributed by atoms with E-state index in [-0.39, 0.29) is 11.8 Å². The predicted molar refractivity (Wildman–Crippen MR) is 91.6 cm³/mol. The molecule has 6 heteroatoms. The number of fused-ring (bicyclic) bond motifs is 1. The van der Waals surface area contributed by atoms with E-state index < -0.39 is 0 Å². The minimum Gasteiger partial charge on any atom is -0.317 e. The molecular formula is C18H23N5O. The number of anilines is 1. The number of aryl methyl sites for hydroxylation is 1. The molecule has 1 atom stereocenters.